The fourth-order valence-electron chi connectivity index (χ4n) is 2.48. The van der Waals surface area contributed by atoms with E-state index in [-0.39, 0.29) is 17.1 Å². The number of hydrogen-bond donors (Lipinski definition) is 0. The van der Waals surface area contributed by atoms with Gasteiger partial charge in [-0.3, -0.25) is 9.59 Å². The molecule has 124 valence electrons. The molecular weight excluding hydrogens is 298 g/mol. The lowest BCUT2D eigenvalue weighted by molar-refractivity contribution is -0.132. The summed E-state index contributed by atoms with van der Waals surface area (Å²) in [5, 5.41) is 0.695. The normalized spacial score (nSPS) is 10.6. The van der Waals surface area contributed by atoms with Crippen LogP contribution in [0.3, 0.4) is 0 Å². The van der Waals surface area contributed by atoms with E-state index >= 15 is 0 Å². The summed E-state index contributed by atoms with van der Waals surface area (Å²) < 4.78 is 17.3. The van der Waals surface area contributed by atoms with Crippen molar-refractivity contribution in [3.05, 3.63) is 28.6 Å². The third-order valence-corrected chi connectivity index (χ3v) is 3.57. The molecule has 0 aliphatic carbocycles. The third-order valence-electron chi connectivity index (χ3n) is 3.57. The first-order chi connectivity index (χ1) is 11.0. The Hall–Kier alpha value is -2.50. The summed E-state index contributed by atoms with van der Waals surface area (Å²) in [5.41, 5.74) is 0.307. The van der Waals surface area contributed by atoms with Crippen molar-refractivity contribution in [1.82, 2.24) is 4.57 Å². The van der Waals surface area contributed by atoms with Gasteiger partial charge in [0.15, 0.2) is 5.75 Å². The van der Waals surface area contributed by atoms with Crippen LogP contribution in [0.15, 0.2) is 23.0 Å². The Labute approximate surface area is 134 Å². The Morgan fingerprint density at radius 1 is 1.17 bits per heavy atom. The highest BCUT2D eigenvalue weighted by Gasteiger charge is 2.20. The van der Waals surface area contributed by atoms with Gasteiger partial charge in [0, 0.05) is 24.9 Å². The van der Waals surface area contributed by atoms with Gasteiger partial charge in [-0.2, -0.15) is 0 Å². The van der Waals surface area contributed by atoms with Crippen molar-refractivity contribution in [3.8, 4) is 17.2 Å². The number of pyridine rings is 1. The van der Waals surface area contributed by atoms with Crippen LogP contribution in [0.1, 0.15) is 26.7 Å². The minimum absolute atomic E-state index is 0.0752. The van der Waals surface area contributed by atoms with Crippen molar-refractivity contribution >= 4 is 16.9 Å². The van der Waals surface area contributed by atoms with Gasteiger partial charge in [0.1, 0.15) is 5.75 Å². The molecule has 6 nitrogen and oxygen atoms in total. The zero-order valence-electron chi connectivity index (χ0n) is 13.8. The summed E-state index contributed by atoms with van der Waals surface area (Å²) in [6.45, 7) is 3.83. The standard InChI is InChI=1S/C17H21NO5/c1-5-6-9-18-14-10-12(21-3)7-8-13(14)15(22-4)16(17(18)20)23-11(2)19/h7-8,10H,5-6,9H2,1-4H3. The van der Waals surface area contributed by atoms with Gasteiger partial charge in [0.05, 0.1) is 19.7 Å². The molecule has 0 saturated heterocycles. The average Bonchev–Trinajstić information content (AvgIpc) is 2.54. The Morgan fingerprint density at radius 3 is 2.48 bits per heavy atom. The smallest absolute Gasteiger partial charge is 0.308 e. The molecule has 0 N–H and O–H groups in total. The maximum Gasteiger partial charge on any atom is 0.308 e. The van der Waals surface area contributed by atoms with Crippen molar-refractivity contribution in [2.75, 3.05) is 14.2 Å². The Kier molecular flexibility index (Phi) is 5.26. The molecule has 1 aromatic heterocycles. The number of fused-ring (bicyclic) bond motifs is 1. The molecule has 1 aromatic carbocycles. The summed E-state index contributed by atoms with van der Waals surface area (Å²) in [6, 6.07) is 5.35. The topological polar surface area (TPSA) is 66.8 Å². The Morgan fingerprint density at radius 2 is 1.91 bits per heavy atom. The summed E-state index contributed by atoms with van der Waals surface area (Å²) in [4.78, 5) is 24.1. The first kappa shape index (κ1) is 16.9. The number of aryl methyl sites for hydroxylation is 1. The van der Waals surface area contributed by atoms with E-state index < -0.39 is 5.97 Å². The van der Waals surface area contributed by atoms with Gasteiger partial charge < -0.3 is 18.8 Å². The number of carbonyl (C=O) groups excluding carboxylic acids is 1. The molecule has 0 radical (unpaired) electrons. The van der Waals surface area contributed by atoms with Gasteiger partial charge in [0.2, 0.25) is 5.75 Å². The van der Waals surface area contributed by atoms with Gasteiger partial charge in [-0.25, -0.2) is 0 Å². The van der Waals surface area contributed by atoms with E-state index in [4.69, 9.17) is 14.2 Å². The number of unbranched alkanes of at least 4 members (excludes halogenated alkanes) is 1. The largest absolute Gasteiger partial charge is 0.497 e. The molecule has 23 heavy (non-hydrogen) atoms. The number of carbonyl (C=O) groups is 1. The molecule has 0 atom stereocenters. The van der Waals surface area contributed by atoms with Crippen LogP contribution in [-0.4, -0.2) is 24.8 Å². The summed E-state index contributed by atoms with van der Waals surface area (Å²) in [6.07, 6.45) is 1.77. The number of rotatable bonds is 6. The fourth-order valence-corrected chi connectivity index (χ4v) is 2.48. The second-order valence-corrected chi connectivity index (χ2v) is 5.15. The summed E-state index contributed by atoms with van der Waals surface area (Å²) in [5.74, 6) is 0.268. The van der Waals surface area contributed by atoms with Crippen LogP contribution in [0.5, 0.6) is 17.2 Å². The molecule has 0 aliphatic rings. The molecular formula is C17H21NO5. The molecule has 0 amide bonds. The highest BCUT2D eigenvalue weighted by atomic mass is 16.6. The van der Waals surface area contributed by atoms with Crippen molar-refractivity contribution in [1.29, 1.82) is 0 Å². The van der Waals surface area contributed by atoms with Crippen LogP contribution in [0.25, 0.3) is 10.9 Å². The monoisotopic (exact) mass is 319 g/mol. The molecule has 2 rings (SSSR count). The van der Waals surface area contributed by atoms with E-state index in [0.29, 0.717) is 23.2 Å². The lowest BCUT2D eigenvalue weighted by Gasteiger charge is -2.16. The molecule has 0 aliphatic heterocycles. The number of methoxy groups -OCH3 is 2. The maximum atomic E-state index is 12.8. The van der Waals surface area contributed by atoms with Crippen molar-refractivity contribution in [3.63, 3.8) is 0 Å². The van der Waals surface area contributed by atoms with Crippen LogP contribution >= 0.6 is 0 Å². The van der Waals surface area contributed by atoms with Gasteiger partial charge in [-0.15, -0.1) is 0 Å². The lowest BCUT2D eigenvalue weighted by atomic mass is 10.1. The number of benzene rings is 1. The molecule has 0 spiro atoms. The first-order valence-electron chi connectivity index (χ1n) is 7.50. The van der Waals surface area contributed by atoms with E-state index in [1.54, 1.807) is 29.9 Å². The minimum Gasteiger partial charge on any atom is -0.497 e. The van der Waals surface area contributed by atoms with Gasteiger partial charge in [-0.1, -0.05) is 13.3 Å². The van der Waals surface area contributed by atoms with Gasteiger partial charge in [0.25, 0.3) is 5.56 Å². The van der Waals surface area contributed by atoms with Crippen LogP contribution in [0, 0.1) is 0 Å². The SMILES string of the molecule is CCCCn1c(=O)c(OC(C)=O)c(OC)c2ccc(OC)cc21. The molecule has 2 aromatic rings. The van der Waals surface area contributed by atoms with Crippen molar-refractivity contribution < 1.29 is 19.0 Å². The van der Waals surface area contributed by atoms with Crippen molar-refractivity contribution in [2.45, 2.75) is 33.2 Å². The molecule has 6 heteroatoms. The van der Waals surface area contributed by atoms with Crippen LogP contribution in [0.2, 0.25) is 0 Å². The molecule has 0 saturated carbocycles. The summed E-state index contributed by atoms with van der Waals surface area (Å²) in [7, 11) is 3.02. The molecule has 0 bridgehead atoms. The Bertz CT molecular complexity index is 779. The highest BCUT2D eigenvalue weighted by Crippen LogP contribution is 2.34. The second kappa shape index (κ2) is 7.17. The summed E-state index contributed by atoms with van der Waals surface area (Å²) >= 11 is 0. The fraction of sp³-hybridized carbons (Fsp3) is 0.412. The van der Waals surface area contributed by atoms with E-state index in [2.05, 4.69) is 0 Å². The van der Waals surface area contributed by atoms with Crippen LogP contribution in [0.4, 0.5) is 0 Å². The number of esters is 1. The number of hydrogen-bond acceptors (Lipinski definition) is 5. The lowest BCUT2D eigenvalue weighted by Crippen LogP contribution is -2.24. The van der Waals surface area contributed by atoms with Crippen LogP contribution in [-0.2, 0) is 11.3 Å². The molecule has 0 fully saturated rings. The third kappa shape index (κ3) is 3.31. The predicted molar refractivity (Wildman–Crippen MR) is 87.5 cm³/mol. The van der Waals surface area contributed by atoms with E-state index in [1.807, 2.05) is 6.92 Å². The zero-order chi connectivity index (χ0) is 17.0. The highest BCUT2D eigenvalue weighted by molar-refractivity contribution is 5.90. The van der Waals surface area contributed by atoms with Crippen LogP contribution < -0.4 is 19.8 Å². The Balaban J connectivity index is 2.83. The average molecular weight is 319 g/mol. The zero-order valence-corrected chi connectivity index (χ0v) is 13.8. The molecule has 1 heterocycles. The van der Waals surface area contributed by atoms with Crippen molar-refractivity contribution in [2.24, 2.45) is 0 Å². The number of nitrogens with zero attached hydrogens (tertiary/aromatic N) is 1. The van der Waals surface area contributed by atoms with E-state index in [9.17, 15) is 9.59 Å². The van der Waals surface area contributed by atoms with Gasteiger partial charge >= 0.3 is 5.97 Å². The molecule has 0 unspecified atom stereocenters. The number of aromatic nitrogens is 1. The van der Waals surface area contributed by atoms with E-state index in [1.165, 1.54) is 14.0 Å². The second-order valence-electron chi connectivity index (χ2n) is 5.15. The van der Waals surface area contributed by atoms with E-state index in [0.717, 1.165) is 12.8 Å². The minimum atomic E-state index is -0.560. The number of ether oxygens (including phenoxy) is 3. The first-order valence-corrected chi connectivity index (χ1v) is 7.50. The predicted octanol–water partition coefficient (Wildman–Crippen LogP) is 2.74. The van der Waals surface area contributed by atoms with Gasteiger partial charge in [-0.05, 0) is 18.6 Å². The maximum absolute atomic E-state index is 12.8. The quantitative estimate of drug-likeness (QED) is 0.766.